The maximum absolute atomic E-state index is 13.4. The van der Waals surface area contributed by atoms with Gasteiger partial charge in [-0.15, -0.1) is 0 Å². The highest BCUT2D eigenvalue weighted by Crippen LogP contribution is 2.22. The molecule has 0 aliphatic carbocycles. The highest BCUT2D eigenvalue weighted by Gasteiger charge is 2.23. The van der Waals surface area contributed by atoms with Crippen molar-refractivity contribution in [2.45, 2.75) is 38.1 Å². The molecule has 0 aromatic heterocycles. The summed E-state index contributed by atoms with van der Waals surface area (Å²) in [6.45, 7) is 4.59. The first-order valence-electron chi connectivity index (χ1n) is 8.45. The van der Waals surface area contributed by atoms with Gasteiger partial charge in [0, 0.05) is 18.7 Å². The second-order valence-corrected chi connectivity index (χ2v) is 6.80. The molecule has 1 heterocycles. The zero-order chi connectivity index (χ0) is 17.7. The van der Waals surface area contributed by atoms with Crippen LogP contribution in [-0.2, 0) is 4.79 Å². The molecule has 134 valence electrons. The number of hydrogen-bond donors (Lipinski definition) is 1. The number of carbonyl (C=O) groups is 1. The minimum absolute atomic E-state index is 0.0449. The van der Waals surface area contributed by atoms with Crippen molar-refractivity contribution in [1.82, 2.24) is 9.80 Å². The molecule has 24 heavy (non-hydrogen) atoms. The summed E-state index contributed by atoms with van der Waals surface area (Å²) in [5.74, 6) is -1.84. The lowest BCUT2D eigenvalue weighted by molar-refractivity contribution is -0.138. The SMILES string of the molecule is CC(CN1CCCC(N(C)CC(=O)O)CC1)c1cc(F)cc(F)c1. The van der Waals surface area contributed by atoms with Crippen molar-refractivity contribution in [2.24, 2.45) is 0 Å². The van der Waals surface area contributed by atoms with E-state index < -0.39 is 17.6 Å². The number of halogens is 2. The van der Waals surface area contributed by atoms with Crippen LogP contribution >= 0.6 is 0 Å². The number of likely N-dealkylation sites (tertiary alicyclic amines) is 1. The molecule has 1 fully saturated rings. The van der Waals surface area contributed by atoms with E-state index >= 15 is 0 Å². The predicted molar refractivity (Wildman–Crippen MR) is 89.1 cm³/mol. The fraction of sp³-hybridized carbons (Fsp3) is 0.611. The first-order chi connectivity index (χ1) is 11.3. The molecule has 2 rings (SSSR count). The lowest BCUT2D eigenvalue weighted by atomic mass is 10.00. The van der Waals surface area contributed by atoms with Crippen molar-refractivity contribution in [3.8, 4) is 0 Å². The van der Waals surface area contributed by atoms with Gasteiger partial charge in [-0.05, 0) is 63.0 Å². The van der Waals surface area contributed by atoms with Gasteiger partial charge in [0.25, 0.3) is 0 Å². The van der Waals surface area contributed by atoms with E-state index in [0.29, 0.717) is 5.56 Å². The van der Waals surface area contributed by atoms with Crippen molar-refractivity contribution in [2.75, 3.05) is 33.2 Å². The van der Waals surface area contributed by atoms with Gasteiger partial charge in [-0.2, -0.15) is 0 Å². The average Bonchev–Trinajstić information content (AvgIpc) is 2.71. The van der Waals surface area contributed by atoms with Crippen LogP contribution in [0.2, 0.25) is 0 Å². The molecular formula is C18H26F2N2O2. The standard InChI is InChI=1S/C18H26F2N2O2/c1-13(14-8-15(19)10-16(20)9-14)11-22-6-3-4-17(5-7-22)21(2)12-18(23)24/h8-10,13,17H,3-7,11-12H2,1-2H3,(H,23,24). The van der Waals surface area contributed by atoms with Crippen LogP contribution < -0.4 is 0 Å². The minimum atomic E-state index is -0.805. The highest BCUT2D eigenvalue weighted by atomic mass is 19.1. The Morgan fingerprint density at radius 2 is 1.96 bits per heavy atom. The summed E-state index contributed by atoms with van der Waals surface area (Å²) in [5.41, 5.74) is 0.677. The second-order valence-electron chi connectivity index (χ2n) is 6.80. The summed E-state index contributed by atoms with van der Waals surface area (Å²) in [5, 5.41) is 8.91. The number of aliphatic carboxylic acids is 1. The monoisotopic (exact) mass is 340 g/mol. The first-order valence-corrected chi connectivity index (χ1v) is 8.45. The fourth-order valence-electron chi connectivity index (χ4n) is 3.46. The quantitative estimate of drug-likeness (QED) is 0.865. The Labute approximate surface area is 142 Å². The van der Waals surface area contributed by atoms with Gasteiger partial charge in [-0.1, -0.05) is 6.92 Å². The smallest absolute Gasteiger partial charge is 0.317 e. The van der Waals surface area contributed by atoms with Gasteiger partial charge >= 0.3 is 5.97 Å². The normalized spacial score (nSPS) is 20.8. The third-order valence-electron chi connectivity index (χ3n) is 4.78. The Balaban J connectivity index is 1.90. The van der Waals surface area contributed by atoms with E-state index in [1.165, 1.54) is 12.1 Å². The zero-order valence-electron chi connectivity index (χ0n) is 14.3. The molecule has 1 aromatic carbocycles. The number of benzene rings is 1. The third-order valence-corrected chi connectivity index (χ3v) is 4.78. The van der Waals surface area contributed by atoms with Gasteiger partial charge in [0.1, 0.15) is 11.6 Å². The van der Waals surface area contributed by atoms with Crippen LogP contribution in [-0.4, -0.2) is 60.1 Å². The number of nitrogens with zero attached hydrogens (tertiary/aromatic N) is 2. The molecule has 1 saturated heterocycles. The summed E-state index contributed by atoms with van der Waals surface area (Å²) in [6.07, 6.45) is 2.89. The predicted octanol–water partition coefficient (Wildman–Crippen LogP) is 2.94. The van der Waals surface area contributed by atoms with Gasteiger partial charge < -0.3 is 10.0 Å². The molecule has 1 aliphatic rings. The highest BCUT2D eigenvalue weighted by molar-refractivity contribution is 5.69. The second kappa shape index (κ2) is 8.53. The molecule has 4 nitrogen and oxygen atoms in total. The summed E-state index contributed by atoms with van der Waals surface area (Å²) < 4.78 is 26.7. The van der Waals surface area contributed by atoms with Gasteiger partial charge in [-0.25, -0.2) is 8.78 Å². The first kappa shape index (κ1) is 18.8. The van der Waals surface area contributed by atoms with E-state index in [9.17, 15) is 13.6 Å². The van der Waals surface area contributed by atoms with Crippen molar-refractivity contribution < 1.29 is 18.7 Å². The Hall–Kier alpha value is -1.53. The zero-order valence-corrected chi connectivity index (χ0v) is 14.3. The van der Waals surface area contributed by atoms with Gasteiger partial charge in [0.05, 0.1) is 6.54 Å². The largest absolute Gasteiger partial charge is 0.480 e. The molecule has 2 atom stereocenters. The lowest BCUT2D eigenvalue weighted by Crippen LogP contribution is -2.37. The Kier molecular flexibility index (Phi) is 6.69. The molecule has 0 bridgehead atoms. The molecular weight excluding hydrogens is 314 g/mol. The third kappa shape index (κ3) is 5.53. The molecule has 0 saturated carbocycles. The van der Waals surface area contributed by atoms with Crippen LogP contribution in [0.25, 0.3) is 0 Å². The number of hydrogen-bond acceptors (Lipinski definition) is 3. The van der Waals surface area contributed by atoms with E-state index in [2.05, 4.69) is 4.90 Å². The Morgan fingerprint density at radius 1 is 1.29 bits per heavy atom. The van der Waals surface area contributed by atoms with Crippen LogP contribution in [0.4, 0.5) is 8.78 Å². The maximum Gasteiger partial charge on any atom is 0.317 e. The van der Waals surface area contributed by atoms with Crippen LogP contribution in [0, 0.1) is 11.6 Å². The van der Waals surface area contributed by atoms with Crippen LogP contribution in [0.3, 0.4) is 0 Å². The van der Waals surface area contributed by atoms with Crippen LogP contribution in [0.1, 0.15) is 37.7 Å². The molecule has 2 unspecified atom stereocenters. The molecule has 1 aliphatic heterocycles. The fourth-order valence-corrected chi connectivity index (χ4v) is 3.46. The molecule has 0 spiro atoms. The Morgan fingerprint density at radius 3 is 2.58 bits per heavy atom. The van der Waals surface area contributed by atoms with Gasteiger partial charge in [0.2, 0.25) is 0 Å². The maximum atomic E-state index is 13.4. The summed E-state index contributed by atoms with van der Waals surface area (Å²) in [6, 6.07) is 3.96. The van der Waals surface area contributed by atoms with E-state index in [4.69, 9.17) is 5.11 Å². The van der Waals surface area contributed by atoms with Crippen LogP contribution in [0.5, 0.6) is 0 Å². The van der Waals surface area contributed by atoms with Gasteiger partial charge in [-0.3, -0.25) is 9.69 Å². The van der Waals surface area contributed by atoms with Crippen molar-refractivity contribution in [1.29, 1.82) is 0 Å². The molecule has 0 radical (unpaired) electrons. The average molecular weight is 340 g/mol. The molecule has 1 aromatic rings. The van der Waals surface area contributed by atoms with E-state index in [-0.39, 0.29) is 18.5 Å². The molecule has 6 heteroatoms. The number of rotatable bonds is 6. The van der Waals surface area contributed by atoms with Crippen LogP contribution in [0.15, 0.2) is 18.2 Å². The van der Waals surface area contributed by atoms with Crippen molar-refractivity contribution in [3.63, 3.8) is 0 Å². The Bertz CT molecular complexity index is 548. The number of carboxylic acids is 1. The topological polar surface area (TPSA) is 43.8 Å². The molecule has 0 amide bonds. The number of likely N-dealkylation sites (N-methyl/N-ethyl adjacent to an activating group) is 1. The summed E-state index contributed by atoms with van der Waals surface area (Å²) in [4.78, 5) is 15.1. The van der Waals surface area contributed by atoms with Gasteiger partial charge in [0.15, 0.2) is 0 Å². The van der Waals surface area contributed by atoms with E-state index in [0.717, 1.165) is 45.0 Å². The minimum Gasteiger partial charge on any atom is -0.480 e. The lowest BCUT2D eigenvalue weighted by Gasteiger charge is -2.26. The summed E-state index contributed by atoms with van der Waals surface area (Å²) >= 11 is 0. The van der Waals surface area contributed by atoms with Crippen molar-refractivity contribution in [3.05, 3.63) is 35.4 Å². The summed E-state index contributed by atoms with van der Waals surface area (Å²) in [7, 11) is 1.85. The molecule has 1 N–H and O–H groups in total. The van der Waals surface area contributed by atoms with E-state index in [1.54, 1.807) is 0 Å². The number of carboxylic acid groups (broad SMARTS) is 1. The van der Waals surface area contributed by atoms with E-state index in [1.807, 2.05) is 18.9 Å². The van der Waals surface area contributed by atoms with Crippen molar-refractivity contribution >= 4 is 5.97 Å².